The average Bonchev–Trinajstić information content (AvgIpc) is 2.72. The Morgan fingerprint density at radius 1 is 1.00 bits per heavy atom. The van der Waals surface area contributed by atoms with E-state index in [1.165, 1.54) is 0 Å². The molecule has 11 nitrogen and oxygen atoms in total. The van der Waals surface area contributed by atoms with E-state index in [9.17, 15) is 29.8 Å². The molecule has 0 radical (unpaired) electrons. The van der Waals surface area contributed by atoms with Crippen LogP contribution >= 0.6 is 0 Å². The van der Waals surface area contributed by atoms with E-state index >= 15 is 0 Å². The van der Waals surface area contributed by atoms with Gasteiger partial charge in [-0.05, 0) is 37.1 Å². The van der Waals surface area contributed by atoms with E-state index in [4.69, 9.17) is 0 Å². The molecule has 2 amide bonds. The van der Waals surface area contributed by atoms with Crippen LogP contribution in [0.2, 0.25) is 0 Å². The van der Waals surface area contributed by atoms with Crippen molar-refractivity contribution < 1.29 is 19.4 Å². The number of benzene rings is 2. The highest BCUT2D eigenvalue weighted by Gasteiger charge is 2.21. The second-order valence-corrected chi connectivity index (χ2v) is 6.66. The van der Waals surface area contributed by atoms with E-state index in [1.807, 2.05) is 19.1 Å². The van der Waals surface area contributed by atoms with Gasteiger partial charge in [-0.1, -0.05) is 19.1 Å². The highest BCUT2D eigenvalue weighted by Crippen LogP contribution is 2.25. The van der Waals surface area contributed by atoms with Gasteiger partial charge in [0.2, 0.25) is 11.8 Å². The highest BCUT2D eigenvalue weighted by molar-refractivity contribution is 6.05. The van der Waals surface area contributed by atoms with Crippen molar-refractivity contribution in [2.75, 3.05) is 5.32 Å². The van der Waals surface area contributed by atoms with E-state index in [0.717, 1.165) is 30.2 Å². The molecule has 0 aromatic heterocycles. The third-order valence-electron chi connectivity index (χ3n) is 4.26. The van der Waals surface area contributed by atoms with E-state index in [0.29, 0.717) is 11.4 Å². The number of nitrogens with zero attached hydrogens (tertiary/aromatic N) is 3. The van der Waals surface area contributed by atoms with Crippen molar-refractivity contribution in [1.29, 1.82) is 0 Å². The van der Waals surface area contributed by atoms with Gasteiger partial charge >= 0.3 is 0 Å². The predicted octanol–water partition coefficient (Wildman–Crippen LogP) is 3.13. The fraction of sp³-hybridized carbons (Fsp3) is 0.250. The van der Waals surface area contributed by atoms with Crippen LogP contribution in [0, 0.1) is 20.2 Å². The van der Waals surface area contributed by atoms with Crippen molar-refractivity contribution in [3.05, 3.63) is 73.8 Å². The number of amides is 2. The Labute approximate surface area is 177 Å². The number of aryl methyl sites for hydroxylation is 1. The second kappa shape index (κ2) is 10.6. The monoisotopic (exact) mass is 427 g/mol. The van der Waals surface area contributed by atoms with Gasteiger partial charge in [0, 0.05) is 23.0 Å². The van der Waals surface area contributed by atoms with Crippen LogP contribution in [0.1, 0.15) is 31.4 Å². The third kappa shape index (κ3) is 6.99. The predicted molar refractivity (Wildman–Crippen MR) is 114 cm³/mol. The Morgan fingerprint density at radius 2 is 1.68 bits per heavy atom. The molecule has 2 rings (SSSR count). The standard InChI is InChI=1S/C20H21N5O6/c1-3-14-4-7-16(8-5-14)21-19(26)10-13(2)22-23-20(27)11-15-6-9-17(24(28)29)12-18(15)25(30)31/h4-9,12H,3,10-11H2,1-2H3,(H,21,26)(H,23,27). The van der Waals surface area contributed by atoms with Crippen LogP contribution in [-0.2, 0) is 22.4 Å². The lowest BCUT2D eigenvalue weighted by Gasteiger charge is -2.06. The lowest BCUT2D eigenvalue weighted by molar-refractivity contribution is -0.394. The van der Waals surface area contributed by atoms with Gasteiger partial charge < -0.3 is 5.32 Å². The van der Waals surface area contributed by atoms with E-state index in [-0.39, 0.29) is 17.9 Å². The van der Waals surface area contributed by atoms with Crippen molar-refractivity contribution in [2.24, 2.45) is 5.10 Å². The van der Waals surface area contributed by atoms with Gasteiger partial charge in [-0.2, -0.15) is 5.10 Å². The first-order valence-corrected chi connectivity index (χ1v) is 9.32. The van der Waals surface area contributed by atoms with Gasteiger partial charge in [-0.25, -0.2) is 5.43 Å². The van der Waals surface area contributed by atoms with Gasteiger partial charge in [-0.15, -0.1) is 0 Å². The van der Waals surface area contributed by atoms with Crippen LogP contribution in [0.15, 0.2) is 47.6 Å². The molecule has 0 fully saturated rings. The first kappa shape index (κ1) is 23.1. The molecule has 0 aliphatic heterocycles. The molecule has 31 heavy (non-hydrogen) atoms. The number of nitrogens with one attached hydrogen (secondary N) is 2. The molecule has 0 bridgehead atoms. The number of carbonyl (C=O) groups is 2. The molecule has 0 aliphatic rings. The summed E-state index contributed by atoms with van der Waals surface area (Å²) >= 11 is 0. The van der Waals surface area contributed by atoms with Gasteiger partial charge in [-0.3, -0.25) is 29.8 Å². The molecule has 0 heterocycles. The highest BCUT2D eigenvalue weighted by atomic mass is 16.6. The Morgan fingerprint density at radius 3 is 2.26 bits per heavy atom. The molecule has 0 spiro atoms. The molecule has 0 saturated heterocycles. The number of non-ortho nitro benzene ring substituents is 1. The normalized spacial score (nSPS) is 11.0. The zero-order valence-electron chi connectivity index (χ0n) is 17.0. The van der Waals surface area contributed by atoms with Gasteiger partial charge in [0.05, 0.1) is 28.8 Å². The minimum atomic E-state index is -0.790. The van der Waals surface area contributed by atoms with Crippen LogP contribution in [0.25, 0.3) is 0 Å². The van der Waals surface area contributed by atoms with Crippen molar-refractivity contribution in [3.8, 4) is 0 Å². The fourth-order valence-corrected chi connectivity index (χ4v) is 2.66. The van der Waals surface area contributed by atoms with Crippen molar-refractivity contribution in [2.45, 2.75) is 33.1 Å². The number of hydrogen-bond donors (Lipinski definition) is 2. The van der Waals surface area contributed by atoms with Crippen molar-refractivity contribution >= 4 is 34.6 Å². The Bertz CT molecular complexity index is 1030. The summed E-state index contributed by atoms with van der Waals surface area (Å²) in [5, 5.41) is 28.5. The summed E-state index contributed by atoms with van der Waals surface area (Å²) in [6, 6.07) is 10.5. The van der Waals surface area contributed by atoms with Crippen molar-refractivity contribution in [1.82, 2.24) is 5.43 Å². The van der Waals surface area contributed by atoms with Crippen LogP contribution in [0.4, 0.5) is 17.1 Å². The second-order valence-electron chi connectivity index (χ2n) is 6.66. The summed E-state index contributed by atoms with van der Waals surface area (Å²) < 4.78 is 0. The van der Waals surface area contributed by atoms with Gasteiger partial charge in [0.1, 0.15) is 0 Å². The zero-order chi connectivity index (χ0) is 23.0. The summed E-state index contributed by atoms with van der Waals surface area (Å²) in [5.74, 6) is -0.974. The minimum absolute atomic E-state index is 0.00854. The van der Waals surface area contributed by atoms with Crippen LogP contribution in [0.5, 0.6) is 0 Å². The SMILES string of the molecule is CCc1ccc(NC(=O)CC(C)=NNC(=O)Cc2ccc([N+](=O)[O-])cc2[N+](=O)[O-])cc1. The Kier molecular flexibility index (Phi) is 7.89. The molecule has 2 aromatic carbocycles. The third-order valence-corrected chi connectivity index (χ3v) is 4.26. The number of anilines is 1. The maximum absolute atomic E-state index is 12.1. The molecule has 0 saturated carbocycles. The summed E-state index contributed by atoms with van der Waals surface area (Å²) in [4.78, 5) is 44.5. The maximum atomic E-state index is 12.1. The molecule has 11 heteroatoms. The lowest BCUT2D eigenvalue weighted by atomic mass is 10.1. The molecule has 162 valence electrons. The molecule has 0 unspecified atom stereocenters. The summed E-state index contributed by atoms with van der Waals surface area (Å²) in [5.41, 5.74) is 3.38. The fourth-order valence-electron chi connectivity index (χ4n) is 2.66. The van der Waals surface area contributed by atoms with Crippen molar-refractivity contribution in [3.63, 3.8) is 0 Å². The number of rotatable bonds is 9. The minimum Gasteiger partial charge on any atom is -0.326 e. The van der Waals surface area contributed by atoms with Crippen LogP contribution < -0.4 is 10.7 Å². The Hall–Kier alpha value is -4.15. The molecule has 2 aromatic rings. The first-order chi connectivity index (χ1) is 14.7. The topological polar surface area (TPSA) is 157 Å². The number of nitro groups is 2. The number of hydrazone groups is 1. The summed E-state index contributed by atoms with van der Waals surface area (Å²) in [6.45, 7) is 3.58. The number of carbonyl (C=O) groups excluding carboxylic acids is 2. The molecular weight excluding hydrogens is 406 g/mol. The van der Waals surface area contributed by atoms with Gasteiger partial charge in [0.15, 0.2) is 0 Å². The molecule has 2 N–H and O–H groups in total. The van der Waals surface area contributed by atoms with E-state index in [1.54, 1.807) is 19.1 Å². The summed E-state index contributed by atoms with van der Waals surface area (Å²) in [7, 11) is 0. The summed E-state index contributed by atoms with van der Waals surface area (Å²) in [6.07, 6.45) is 0.428. The van der Waals surface area contributed by atoms with Crippen LogP contribution in [-0.4, -0.2) is 27.4 Å². The first-order valence-electron chi connectivity index (χ1n) is 9.32. The average molecular weight is 427 g/mol. The largest absolute Gasteiger partial charge is 0.326 e. The Balaban J connectivity index is 1.93. The number of hydrogen-bond acceptors (Lipinski definition) is 7. The lowest BCUT2D eigenvalue weighted by Crippen LogP contribution is -2.23. The molecule has 0 aliphatic carbocycles. The zero-order valence-corrected chi connectivity index (χ0v) is 17.0. The van der Waals surface area contributed by atoms with E-state index < -0.39 is 33.5 Å². The smallest absolute Gasteiger partial charge is 0.279 e. The quantitative estimate of drug-likeness (QED) is 0.355. The molecule has 0 atom stereocenters. The van der Waals surface area contributed by atoms with Gasteiger partial charge in [0.25, 0.3) is 11.4 Å². The van der Waals surface area contributed by atoms with Crippen LogP contribution in [0.3, 0.4) is 0 Å². The van der Waals surface area contributed by atoms with E-state index in [2.05, 4.69) is 15.8 Å². The number of nitro benzene ring substituents is 2. The molecular formula is C20H21N5O6. The maximum Gasteiger partial charge on any atom is 0.279 e.